The van der Waals surface area contributed by atoms with Crippen LogP contribution in [0.2, 0.25) is 0 Å². The lowest BCUT2D eigenvalue weighted by molar-refractivity contribution is -0.118. The van der Waals surface area contributed by atoms with Gasteiger partial charge in [-0.15, -0.1) is 11.3 Å². The molecular weight excluding hydrogens is 262 g/mol. The first-order chi connectivity index (χ1) is 9.06. The molecule has 5 nitrogen and oxygen atoms in total. The number of nitrogens with two attached hydrogens (primary N) is 2. The van der Waals surface area contributed by atoms with Gasteiger partial charge in [-0.25, -0.2) is 0 Å². The Morgan fingerprint density at radius 1 is 1.26 bits per heavy atom. The molecule has 0 unspecified atom stereocenters. The summed E-state index contributed by atoms with van der Waals surface area (Å²) < 4.78 is 1.02. The van der Waals surface area contributed by atoms with Crippen LogP contribution in [0.3, 0.4) is 0 Å². The largest absolute Gasteiger partial charge is 0.399 e. The Bertz CT molecular complexity index is 621. The van der Waals surface area contributed by atoms with Gasteiger partial charge in [0.15, 0.2) is 0 Å². The molecule has 100 valence electrons. The van der Waals surface area contributed by atoms with Crippen molar-refractivity contribution in [3.05, 3.63) is 29.1 Å². The van der Waals surface area contributed by atoms with Crippen LogP contribution in [0.25, 0.3) is 10.1 Å². The van der Waals surface area contributed by atoms with Crippen molar-refractivity contribution in [2.45, 2.75) is 12.8 Å². The van der Waals surface area contributed by atoms with Gasteiger partial charge in [0.2, 0.25) is 5.91 Å². The topological polar surface area (TPSA) is 98.2 Å². The Morgan fingerprint density at radius 2 is 2.05 bits per heavy atom. The van der Waals surface area contributed by atoms with Gasteiger partial charge in [0.1, 0.15) is 0 Å². The van der Waals surface area contributed by atoms with E-state index in [1.807, 2.05) is 24.3 Å². The highest BCUT2D eigenvalue weighted by Crippen LogP contribution is 2.27. The molecule has 0 fully saturated rings. The summed E-state index contributed by atoms with van der Waals surface area (Å²) in [6.45, 7) is 0.443. The minimum absolute atomic E-state index is 0.135. The van der Waals surface area contributed by atoms with Crippen molar-refractivity contribution in [3.63, 3.8) is 0 Å². The van der Waals surface area contributed by atoms with Gasteiger partial charge in [-0.05, 0) is 36.1 Å². The van der Waals surface area contributed by atoms with Gasteiger partial charge in [-0.1, -0.05) is 0 Å². The SMILES string of the molecule is NC(=O)CCCNC(=O)c1cc2cc(N)ccc2s1. The number of benzene rings is 1. The minimum atomic E-state index is -0.355. The number of amides is 2. The molecule has 0 aliphatic carbocycles. The lowest BCUT2D eigenvalue weighted by atomic mass is 10.2. The molecule has 1 aromatic heterocycles. The van der Waals surface area contributed by atoms with Crippen LogP contribution in [0, 0.1) is 0 Å². The number of fused-ring (bicyclic) bond motifs is 1. The van der Waals surface area contributed by atoms with Crippen LogP contribution in [-0.2, 0) is 4.79 Å². The summed E-state index contributed by atoms with van der Waals surface area (Å²) in [5.41, 5.74) is 11.4. The summed E-state index contributed by atoms with van der Waals surface area (Å²) in [7, 11) is 0. The van der Waals surface area contributed by atoms with Crippen molar-refractivity contribution < 1.29 is 9.59 Å². The van der Waals surface area contributed by atoms with Crippen LogP contribution >= 0.6 is 11.3 Å². The number of primary amides is 1. The molecule has 2 rings (SSSR count). The standard InChI is InChI=1S/C13H15N3O2S/c14-9-3-4-10-8(6-9)7-11(19-10)13(18)16-5-1-2-12(15)17/h3-4,6-7H,1-2,5,14H2,(H2,15,17)(H,16,18). The number of carbonyl (C=O) groups is 2. The molecule has 0 spiro atoms. The van der Waals surface area contributed by atoms with Crippen molar-refractivity contribution in [2.75, 3.05) is 12.3 Å². The summed E-state index contributed by atoms with van der Waals surface area (Å²) in [4.78, 5) is 23.1. The van der Waals surface area contributed by atoms with Crippen LogP contribution in [0.4, 0.5) is 5.69 Å². The smallest absolute Gasteiger partial charge is 0.261 e. The average molecular weight is 277 g/mol. The number of nitrogens with one attached hydrogen (secondary N) is 1. The van der Waals surface area contributed by atoms with E-state index >= 15 is 0 Å². The highest BCUT2D eigenvalue weighted by Gasteiger charge is 2.09. The Hall–Kier alpha value is -2.08. The number of rotatable bonds is 5. The predicted octanol–water partition coefficient (Wildman–Crippen LogP) is 1.48. The van der Waals surface area contributed by atoms with Crippen LogP contribution in [0.5, 0.6) is 0 Å². The van der Waals surface area contributed by atoms with Crippen LogP contribution in [-0.4, -0.2) is 18.4 Å². The molecule has 0 bridgehead atoms. The fourth-order valence-corrected chi connectivity index (χ4v) is 2.68. The highest BCUT2D eigenvalue weighted by atomic mass is 32.1. The van der Waals surface area contributed by atoms with Crippen molar-refractivity contribution >= 4 is 38.9 Å². The molecule has 5 N–H and O–H groups in total. The molecule has 0 atom stereocenters. The second-order valence-corrected chi connectivity index (χ2v) is 5.32. The maximum atomic E-state index is 11.9. The van der Waals surface area contributed by atoms with Gasteiger partial charge >= 0.3 is 0 Å². The monoisotopic (exact) mass is 277 g/mol. The van der Waals surface area contributed by atoms with Gasteiger partial charge in [0, 0.05) is 23.4 Å². The molecule has 6 heteroatoms. The highest BCUT2D eigenvalue weighted by molar-refractivity contribution is 7.20. The quantitative estimate of drug-likeness (QED) is 0.570. The van der Waals surface area contributed by atoms with E-state index in [-0.39, 0.29) is 18.2 Å². The average Bonchev–Trinajstić information content (AvgIpc) is 2.77. The maximum absolute atomic E-state index is 11.9. The number of hydrogen-bond acceptors (Lipinski definition) is 4. The molecule has 1 heterocycles. The van der Waals surface area contributed by atoms with Gasteiger partial charge in [-0.3, -0.25) is 9.59 Å². The normalized spacial score (nSPS) is 10.5. The number of thiophene rings is 1. The molecule has 0 saturated heterocycles. The third-order valence-corrected chi connectivity index (χ3v) is 3.76. The van der Waals surface area contributed by atoms with E-state index in [1.165, 1.54) is 11.3 Å². The van der Waals surface area contributed by atoms with Gasteiger partial charge in [0.25, 0.3) is 5.91 Å². The first-order valence-corrected chi connectivity index (χ1v) is 6.73. The number of hydrogen-bond donors (Lipinski definition) is 3. The number of nitrogen functional groups attached to an aromatic ring is 1. The third kappa shape index (κ3) is 3.45. The summed E-state index contributed by atoms with van der Waals surface area (Å²) >= 11 is 1.42. The van der Waals surface area contributed by atoms with E-state index in [4.69, 9.17) is 11.5 Å². The summed E-state index contributed by atoms with van der Waals surface area (Å²) in [5, 5.41) is 3.73. The summed E-state index contributed by atoms with van der Waals surface area (Å²) in [6.07, 6.45) is 0.835. The molecule has 19 heavy (non-hydrogen) atoms. The fraction of sp³-hybridized carbons (Fsp3) is 0.231. The second-order valence-electron chi connectivity index (χ2n) is 4.23. The molecule has 0 saturated carbocycles. The van der Waals surface area contributed by atoms with Gasteiger partial charge in [0.05, 0.1) is 4.88 Å². The summed E-state index contributed by atoms with van der Waals surface area (Å²) in [6, 6.07) is 7.38. The zero-order valence-electron chi connectivity index (χ0n) is 10.3. The molecule has 2 aromatic rings. The number of anilines is 1. The Kier molecular flexibility index (Phi) is 4.01. The van der Waals surface area contributed by atoms with Crippen molar-refractivity contribution in [3.8, 4) is 0 Å². The Balaban J connectivity index is 1.99. The molecule has 0 radical (unpaired) electrons. The van der Waals surface area contributed by atoms with Crippen molar-refractivity contribution in [1.82, 2.24) is 5.32 Å². The van der Waals surface area contributed by atoms with Crippen LogP contribution in [0.1, 0.15) is 22.5 Å². The van der Waals surface area contributed by atoms with Gasteiger partial charge in [-0.2, -0.15) is 0 Å². The third-order valence-electron chi connectivity index (χ3n) is 2.65. The van der Waals surface area contributed by atoms with Gasteiger partial charge < -0.3 is 16.8 Å². The Morgan fingerprint density at radius 3 is 2.79 bits per heavy atom. The van der Waals surface area contributed by atoms with Crippen LogP contribution in [0.15, 0.2) is 24.3 Å². The fourth-order valence-electron chi connectivity index (χ4n) is 1.73. The van der Waals surface area contributed by atoms with E-state index in [1.54, 1.807) is 0 Å². The van der Waals surface area contributed by atoms with E-state index in [0.29, 0.717) is 23.5 Å². The van der Waals surface area contributed by atoms with Crippen molar-refractivity contribution in [2.24, 2.45) is 5.73 Å². The lowest BCUT2D eigenvalue weighted by Gasteiger charge is -2.01. The zero-order valence-corrected chi connectivity index (χ0v) is 11.1. The van der Waals surface area contributed by atoms with E-state index in [0.717, 1.165) is 10.1 Å². The van der Waals surface area contributed by atoms with Crippen LogP contribution < -0.4 is 16.8 Å². The molecular formula is C13H15N3O2S. The zero-order chi connectivity index (χ0) is 13.8. The summed E-state index contributed by atoms with van der Waals surface area (Å²) in [5.74, 6) is -0.490. The van der Waals surface area contributed by atoms with Crippen molar-refractivity contribution in [1.29, 1.82) is 0 Å². The van der Waals surface area contributed by atoms with E-state index < -0.39 is 0 Å². The first-order valence-electron chi connectivity index (χ1n) is 5.92. The minimum Gasteiger partial charge on any atom is -0.399 e. The first kappa shape index (κ1) is 13.4. The van der Waals surface area contributed by atoms with E-state index in [9.17, 15) is 9.59 Å². The number of carbonyl (C=O) groups excluding carboxylic acids is 2. The molecule has 0 aliphatic rings. The lowest BCUT2D eigenvalue weighted by Crippen LogP contribution is -2.24. The molecule has 1 aromatic carbocycles. The molecule has 2 amide bonds. The second kappa shape index (κ2) is 5.71. The van der Waals surface area contributed by atoms with E-state index in [2.05, 4.69) is 5.32 Å². The molecule has 0 aliphatic heterocycles. The Labute approximate surface area is 114 Å². The predicted molar refractivity (Wildman–Crippen MR) is 77.0 cm³/mol. The maximum Gasteiger partial charge on any atom is 0.261 e.